The van der Waals surface area contributed by atoms with Gasteiger partial charge in [0.15, 0.2) is 0 Å². The highest BCUT2D eigenvalue weighted by atomic mass is 32.2. The van der Waals surface area contributed by atoms with E-state index in [4.69, 9.17) is 0 Å². The van der Waals surface area contributed by atoms with Gasteiger partial charge in [0.25, 0.3) is 0 Å². The fourth-order valence-electron chi connectivity index (χ4n) is 4.21. The maximum atomic E-state index is 4.58. The van der Waals surface area contributed by atoms with Crippen LogP contribution in [0, 0.1) is 0 Å². The van der Waals surface area contributed by atoms with Crippen LogP contribution >= 0.6 is 11.8 Å². The lowest BCUT2D eigenvalue weighted by atomic mass is 10.0. The molecule has 2 aliphatic rings. The van der Waals surface area contributed by atoms with Crippen molar-refractivity contribution in [1.82, 2.24) is 14.8 Å². The van der Waals surface area contributed by atoms with Gasteiger partial charge in [-0.25, -0.2) is 0 Å². The van der Waals surface area contributed by atoms with Gasteiger partial charge in [-0.05, 0) is 50.7 Å². The number of hydrogen-bond donors (Lipinski definition) is 0. The molecule has 26 heavy (non-hydrogen) atoms. The molecular weight excluding hydrogens is 338 g/mol. The van der Waals surface area contributed by atoms with E-state index < -0.39 is 0 Å². The highest BCUT2D eigenvalue weighted by Crippen LogP contribution is 2.38. The van der Waals surface area contributed by atoms with E-state index in [-0.39, 0.29) is 0 Å². The average Bonchev–Trinajstić information content (AvgIpc) is 3.07. The van der Waals surface area contributed by atoms with Crippen molar-refractivity contribution < 1.29 is 0 Å². The predicted octanol–water partition coefficient (Wildman–Crippen LogP) is 4.05. The minimum absolute atomic E-state index is 0.586. The molecule has 0 saturated carbocycles. The van der Waals surface area contributed by atoms with Crippen molar-refractivity contribution in [3.8, 4) is 0 Å². The van der Waals surface area contributed by atoms with Gasteiger partial charge in [0.2, 0.25) is 0 Å². The number of likely N-dealkylation sites (tertiary alicyclic amines) is 1. The summed E-state index contributed by atoms with van der Waals surface area (Å²) in [6, 6.07) is 17.4. The third-order valence-electron chi connectivity index (χ3n) is 5.68. The molecule has 2 aromatic rings. The van der Waals surface area contributed by atoms with E-state index in [1.54, 1.807) is 0 Å². The Morgan fingerprint density at radius 3 is 2.65 bits per heavy atom. The summed E-state index contributed by atoms with van der Waals surface area (Å²) in [6.45, 7) is 5.95. The van der Waals surface area contributed by atoms with E-state index >= 15 is 0 Å². The Kier molecular flexibility index (Phi) is 5.93. The van der Waals surface area contributed by atoms with Gasteiger partial charge in [-0.1, -0.05) is 36.4 Å². The van der Waals surface area contributed by atoms with E-state index in [0.29, 0.717) is 16.4 Å². The summed E-state index contributed by atoms with van der Waals surface area (Å²) in [5.74, 6) is 0.611. The van der Waals surface area contributed by atoms with Crippen LogP contribution < -0.4 is 0 Å². The van der Waals surface area contributed by atoms with Crippen LogP contribution in [-0.2, 0) is 0 Å². The summed E-state index contributed by atoms with van der Waals surface area (Å²) in [5, 5.41) is 1.30. The number of aromatic nitrogens is 1. The maximum absolute atomic E-state index is 4.58. The average molecular weight is 368 g/mol. The zero-order chi connectivity index (χ0) is 17.8. The molecule has 2 fully saturated rings. The monoisotopic (exact) mass is 367 g/mol. The Balaban J connectivity index is 1.38. The molecular formula is C22H29N3S. The van der Waals surface area contributed by atoms with E-state index in [1.165, 1.54) is 50.3 Å². The molecule has 138 valence electrons. The molecule has 4 heteroatoms. The molecule has 0 bridgehead atoms. The zero-order valence-electron chi connectivity index (χ0n) is 15.6. The van der Waals surface area contributed by atoms with E-state index in [9.17, 15) is 0 Å². The minimum Gasteiger partial charge on any atom is -0.305 e. The summed E-state index contributed by atoms with van der Waals surface area (Å²) in [6.07, 6.45) is 4.46. The van der Waals surface area contributed by atoms with Crippen molar-refractivity contribution >= 4 is 11.8 Å². The highest BCUT2D eigenvalue weighted by Gasteiger charge is 2.30. The molecule has 0 aliphatic carbocycles. The van der Waals surface area contributed by atoms with Crippen molar-refractivity contribution in [2.45, 2.75) is 29.3 Å². The van der Waals surface area contributed by atoms with Crippen molar-refractivity contribution in [3.05, 3.63) is 66.0 Å². The van der Waals surface area contributed by atoms with Gasteiger partial charge >= 0.3 is 0 Å². The normalized spacial score (nSPS) is 28.1. The van der Waals surface area contributed by atoms with Crippen LogP contribution in [0.15, 0.2) is 54.7 Å². The van der Waals surface area contributed by atoms with Gasteiger partial charge in [0, 0.05) is 47.9 Å². The predicted molar refractivity (Wildman–Crippen MR) is 111 cm³/mol. The molecule has 1 aromatic heterocycles. The number of hydrogen-bond acceptors (Lipinski definition) is 4. The molecule has 0 spiro atoms. The molecule has 3 atom stereocenters. The molecule has 3 nitrogen and oxygen atoms in total. The molecule has 3 unspecified atom stereocenters. The second kappa shape index (κ2) is 8.55. The summed E-state index contributed by atoms with van der Waals surface area (Å²) in [7, 11) is 2.27. The Morgan fingerprint density at radius 1 is 1.00 bits per heavy atom. The van der Waals surface area contributed by atoms with Gasteiger partial charge in [-0.3, -0.25) is 4.98 Å². The second-order valence-electron chi connectivity index (χ2n) is 7.71. The van der Waals surface area contributed by atoms with Crippen LogP contribution in [0.4, 0.5) is 0 Å². The molecule has 3 heterocycles. The first-order chi connectivity index (χ1) is 12.8. The van der Waals surface area contributed by atoms with Gasteiger partial charge in [0.1, 0.15) is 0 Å². The van der Waals surface area contributed by atoms with Crippen LogP contribution in [0.5, 0.6) is 0 Å². The molecule has 4 rings (SSSR count). The van der Waals surface area contributed by atoms with Gasteiger partial charge in [0.05, 0.1) is 0 Å². The van der Waals surface area contributed by atoms with Gasteiger partial charge in [-0.15, -0.1) is 11.8 Å². The number of likely N-dealkylation sites (N-methyl/N-ethyl adjacent to an activating group) is 1. The van der Waals surface area contributed by atoms with Crippen LogP contribution in [-0.4, -0.2) is 59.8 Å². The number of thioether (sulfide) groups is 1. The lowest BCUT2D eigenvalue weighted by molar-refractivity contribution is 0.306. The number of nitrogens with zero attached hydrogens (tertiary/aromatic N) is 3. The summed E-state index contributed by atoms with van der Waals surface area (Å²) >= 11 is 2.19. The fourth-order valence-corrected chi connectivity index (χ4v) is 5.87. The molecule has 1 aromatic carbocycles. The third-order valence-corrected chi connectivity index (χ3v) is 7.20. The van der Waals surface area contributed by atoms with Crippen LogP contribution in [0.25, 0.3) is 0 Å². The fraction of sp³-hybridized carbons (Fsp3) is 0.500. The standard InChI is InChI=1S/C22H29N3S/c1-24-13-11-20(26-22(17-24)18-7-3-2-4-8-18)16-25-14-10-19(15-25)21-9-5-6-12-23-21/h2-9,12,19-20,22H,10-11,13-17H2,1H3. The number of pyridine rings is 1. The van der Waals surface area contributed by atoms with Crippen LogP contribution in [0.2, 0.25) is 0 Å². The van der Waals surface area contributed by atoms with Crippen LogP contribution in [0.1, 0.15) is 35.3 Å². The van der Waals surface area contributed by atoms with Crippen molar-refractivity contribution in [1.29, 1.82) is 0 Å². The Labute approximate surface area is 161 Å². The topological polar surface area (TPSA) is 19.4 Å². The summed E-state index contributed by atoms with van der Waals surface area (Å²) in [5.41, 5.74) is 2.74. The highest BCUT2D eigenvalue weighted by molar-refractivity contribution is 8.00. The van der Waals surface area contributed by atoms with Crippen molar-refractivity contribution in [3.63, 3.8) is 0 Å². The molecule has 2 aliphatic heterocycles. The quantitative estimate of drug-likeness (QED) is 0.812. The molecule has 0 amide bonds. The Bertz CT molecular complexity index is 678. The van der Waals surface area contributed by atoms with E-state index in [2.05, 4.69) is 76.1 Å². The molecule has 0 radical (unpaired) electrons. The minimum atomic E-state index is 0.586. The number of benzene rings is 1. The third kappa shape index (κ3) is 4.48. The first-order valence-corrected chi connectivity index (χ1v) is 10.7. The smallest absolute Gasteiger partial charge is 0.0447 e. The molecule has 0 N–H and O–H groups in total. The van der Waals surface area contributed by atoms with E-state index in [1.807, 2.05) is 12.3 Å². The first kappa shape index (κ1) is 18.0. The lowest BCUT2D eigenvalue weighted by Crippen LogP contribution is -2.30. The summed E-state index contributed by atoms with van der Waals surface area (Å²) < 4.78 is 0. The number of rotatable bonds is 4. The van der Waals surface area contributed by atoms with Crippen molar-refractivity contribution in [2.75, 3.05) is 39.8 Å². The largest absolute Gasteiger partial charge is 0.305 e. The summed E-state index contributed by atoms with van der Waals surface area (Å²) in [4.78, 5) is 9.76. The maximum Gasteiger partial charge on any atom is 0.0447 e. The first-order valence-electron chi connectivity index (χ1n) is 9.80. The Morgan fingerprint density at radius 2 is 1.85 bits per heavy atom. The van der Waals surface area contributed by atoms with E-state index in [0.717, 1.165) is 6.54 Å². The van der Waals surface area contributed by atoms with Crippen LogP contribution in [0.3, 0.4) is 0 Å². The Hall–Kier alpha value is -1.36. The van der Waals surface area contributed by atoms with Gasteiger partial charge in [-0.2, -0.15) is 0 Å². The zero-order valence-corrected chi connectivity index (χ0v) is 16.4. The lowest BCUT2D eigenvalue weighted by Gasteiger charge is -2.25. The second-order valence-corrected chi connectivity index (χ2v) is 9.22. The van der Waals surface area contributed by atoms with Crippen molar-refractivity contribution in [2.24, 2.45) is 0 Å². The SMILES string of the molecule is CN1CCC(CN2CCC(c3ccccn3)C2)SC(c2ccccc2)C1. The molecule has 2 saturated heterocycles. The van der Waals surface area contributed by atoms with Gasteiger partial charge < -0.3 is 9.80 Å².